The van der Waals surface area contributed by atoms with Gasteiger partial charge in [-0.15, -0.1) is 0 Å². The van der Waals surface area contributed by atoms with Crippen LogP contribution in [0.5, 0.6) is 0 Å². The summed E-state index contributed by atoms with van der Waals surface area (Å²) in [7, 11) is 0. The zero-order chi connectivity index (χ0) is 20.9. The van der Waals surface area contributed by atoms with E-state index in [1.165, 1.54) is 0 Å². The molecule has 28 heavy (non-hydrogen) atoms. The first-order valence-electron chi connectivity index (χ1n) is 8.96. The summed E-state index contributed by atoms with van der Waals surface area (Å²) >= 11 is 5.69. The average Bonchev–Trinajstić information content (AvgIpc) is 2.60. The SMILES string of the molecule is CC(C)(C)OC(=O)N1C[C@H](N(OCc2ccccc2)C(=O)Cl)CC[C@H]1C(=O)O. The molecule has 1 aliphatic rings. The molecule has 0 unspecified atom stereocenters. The van der Waals surface area contributed by atoms with E-state index in [1.807, 2.05) is 30.3 Å². The number of benzene rings is 1. The molecule has 1 heterocycles. The highest BCUT2D eigenvalue weighted by Crippen LogP contribution is 2.25. The van der Waals surface area contributed by atoms with Crippen LogP contribution in [0.15, 0.2) is 30.3 Å². The van der Waals surface area contributed by atoms with Crippen molar-refractivity contribution in [3.8, 4) is 0 Å². The number of likely N-dealkylation sites (tertiary alicyclic amines) is 1. The van der Waals surface area contributed by atoms with Gasteiger partial charge >= 0.3 is 17.4 Å². The molecular formula is C19H25ClN2O6. The van der Waals surface area contributed by atoms with E-state index in [0.717, 1.165) is 15.5 Å². The van der Waals surface area contributed by atoms with Crippen molar-refractivity contribution in [3.05, 3.63) is 35.9 Å². The quantitative estimate of drug-likeness (QED) is 0.450. The maximum absolute atomic E-state index is 12.5. The summed E-state index contributed by atoms with van der Waals surface area (Å²) < 4.78 is 5.32. The number of hydroxylamine groups is 2. The highest BCUT2D eigenvalue weighted by molar-refractivity contribution is 6.62. The van der Waals surface area contributed by atoms with Gasteiger partial charge in [0.1, 0.15) is 18.2 Å². The van der Waals surface area contributed by atoms with Crippen molar-refractivity contribution in [2.75, 3.05) is 6.54 Å². The Labute approximate surface area is 168 Å². The third-order valence-electron chi connectivity index (χ3n) is 4.19. The number of carboxylic acids is 1. The number of aliphatic carboxylic acids is 1. The van der Waals surface area contributed by atoms with Gasteiger partial charge in [0.2, 0.25) is 0 Å². The smallest absolute Gasteiger partial charge is 0.411 e. The molecule has 1 aromatic rings. The van der Waals surface area contributed by atoms with Gasteiger partial charge in [-0.25, -0.2) is 14.7 Å². The van der Waals surface area contributed by atoms with E-state index in [-0.39, 0.29) is 19.6 Å². The lowest BCUT2D eigenvalue weighted by atomic mass is 9.98. The molecule has 0 aromatic heterocycles. The Kier molecular flexibility index (Phi) is 7.26. The molecule has 2 rings (SSSR count). The zero-order valence-electron chi connectivity index (χ0n) is 16.1. The molecular weight excluding hydrogens is 388 g/mol. The number of carbonyl (C=O) groups is 3. The Hall–Kier alpha value is -2.32. The highest BCUT2D eigenvalue weighted by atomic mass is 35.5. The van der Waals surface area contributed by atoms with E-state index in [9.17, 15) is 19.5 Å². The second kappa shape index (κ2) is 9.25. The first-order valence-corrected chi connectivity index (χ1v) is 9.34. The predicted molar refractivity (Wildman–Crippen MR) is 102 cm³/mol. The number of halogens is 1. The van der Waals surface area contributed by atoms with E-state index in [2.05, 4.69) is 0 Å². The van der Waals surface area contributed by atoms with Crippen molar-refractivity contribution in [1.29, 1.82) is 0 Å². The van der Waals surface area contributed by atoms with Crippen molar-refractivity contribution >= 4 is 29.0 Å². The van der Waals surface area contributed by atoms with Crippen LogP contribution in [0, 0.1) is 0 Å². The second-order valence-corrected chi connectivity index (χ2v) is 7.88. The number of nitrogens with zero attached hydrogens (tertiary/aromatic N) is 2. The van der Waals surface area contributed by atoms with Gasteiger partial charge in [-0.3, -0.25) is 14.5 Å². The van der Waals surface area contributed by atoms with Crippen LogP contribution in [0.3, 0.4) is 0 Å². The van der Waals surface area contributed by atoms with Gasteiger partial charge in [0.25, 0.3) is 0 Å². The average molecular weight is 413 g/mol. The largest absolute Gasteiger partial charge is 0.480 e. The fourth-order valence-electron chi connectivity index (χ4n) is 2.94. The van der Waals surface area contributed by atoms with Crippen molar-refractivity contribution in [2.24, 2.45) is 0 Å². The molecule has 0 bridgehead atoms. The van der Waals surface area contributed by atoms with Crippen molar-refractivity contribution < 1.29 is 29.1 Å². The lowest BCUT2D eigenvalue weighted by Crippen LogP contribution is -2.57. The number of amides is 2. The number of carboxylic acid groups (broad SMARTS) is 1. The Morgan fingerprint density at radius 3 is 2.39 bits per heavy atom. The summed E-state index contributed by atoms with van der Waals surface area (Å²) in [6, 6.07) is 7.60. The number of hydrogen-bond acceptors (Lipinski definition) is 5. The van der Waals surface area contributed by atoms with Gasteiger partial charge in [-0.1, -0.05) is 30.3 Å². The van der Waals surface area contributed by atoms with Crippen LogP contribution in [0.2, 0.25) is 0 Å². The number of piperidine rings is 1. The van der Waals surface area contributed by atoms with E-state index in [0.29, 0.717) is 6.42 Å². The second-order valence-electron chi connectivity index (χ2n) is 7.56. The van der Waals surface area contributed by atoms with Crippen LogP contribution in [0.4, 0.5) is 9.59 Å². The lowest BCUT2D eigenvalue weighted by molar-refractivity contribution is -0.166. The fraction of sp³-hybridized carbons (Fsp3) is 0.526. The molecule has 0 radical (unpaired) electrons. The minimum absolute atomic E-state index is 0.0564. The molecule has 0 aliphatic carbocycles. The minimum atomic E-state index is -1.13. The third kappa shape index (κ3) is 6.10. The molecule has 8 nitrogen and oxygen atoms in total. The lowest BCUT2D eigenvalue weighted by Gasteiger charge is -2.40. The summed E-state index contributed by atoms with van der Waals surface area (Å²) in [5.74, 6) is -1.13. The van der Waals surface area contributed by atoms with Crippen molar-refractivity contribution in [1.82, 2.24) is 9.96 Å². The summed E-state index contributed by atoms with van der Waals surface area (Å²) in [4.78, 5) is 42.7. The van der Waals surface area contributed by atoms with Crippen LogP contribution >= 0.6 is 11.6 Å². The van der Waals surface area contributed by atoms with Gasteiger partial charge < -0.3 is 9.84 Å². The topological polar surface area (TPSA) is 96.4 Å². The Balaban J connectivity index is 2.13. The summed E-state index contributed by atoms with van der Waals surface area (Å²) in [6.45, 7) is 5.14. The van der Waals surface area contributed by atoms with Crippen molar-refractivity contribution in [2.45, 2.75) is 57.9 Å². The molecule has 2 amide bonds. The van der Waals surface area contributed by atoms with Crippen LogP contribution in [0.25, 0.3) is 0 Å². The van der Waals surface area contributed by atoms with Gasteiger partial charge in [-0.05, 0) is 50.8 Å². The number of hydrogen-bond donors (Lipinski definition) is 1. The standard InChI is InChI=1S/C19H25ClN2O6/c1-19(2,3)28-18(26)21-11-14(9-10-15(21)16(23)24)22(17(20)25)27-12-13-7-5-4-6-8-13/h4-8,14-15H,9-12H2,1-3H3,(H,23,24)/t14-,15+/m1/s1. The Morgan fingerprint density at radius 1 is 1.21 bits per heavy atom. The molecule has 1 fully saturated rings. The normalized spacial score (nSPS) is 19.8. The van der Waals surface area contributed by atoms with Crippen LogP contribution < -0.4 is 0 Å². The highest BCUT2D eigenvalue weighted by Gasteiger charge is 2.41. The molecule has 0 spiro atoms. The van der Waals surface area contributed by atoms with E-state index in [1.54, 1.807) is 20.8 Å². The maximum atomic E-state index is 12.5. The molecule has 9 heteroatoms. The van der Waals surface area contributed by atoms with Crippen molar-refractivity contribution in [3.63, 3.8) is 0 Å². The molecule has 0 saturated carbocycles. The van der Waals surface area contributed by atoms with Crippen LogP contribution in [0.1, 0.15) is 39.2 Å². The molecule has 154 valence electrons. The minimum Gasteiger partial charge on any atom is -0.480 e. The number of carbonyl (C=O) groups excluding carboxylic acids is 2. The summed E-state index contributed by atoms with van der Waals surface area (Å²) in [5.41, 5.74) is 0.0624. The summed E-state index contributed by atoms with van der Waals surface area (Å²) in [6.07, 6.45) is -0.285. The Morgan fingerprint density at radius 2 is 1.86 bits per heavy atom. The fourth-order valence-corrected chi connectivity index (χ4v) is 3.13. The van der Waals surface area contributed by atoms with Crippen LogP contribution in [-0.4, -0.2) is 56.7 Å². The van der Waals surface area contributed by atoms with E-state index < -0.39 is 35.1 Å². The molecule has 1 N–H and O–H groups in total. The van der Waals surface area contributed by atoms with Crippen LogP contribution in [-0.2, 0) is 21.0 Å². The van der Waals surface area contributed by atoms with Gasteiger partial charge in [0, 0.05) is 6.54 Å². The third-order valence-corrected chi connectivity index (χ3v) is 4.35. The summed E-state index contributed by atoms with van der Waals surface area (Å²) in [5, 5.41) is 9.62. The predicted octanol–water partition coefficient (Wildman–Crippen LogP) is 3.63. The monoisotopic (exact) mass is 412 g/mol. The van der Waals surface area contributed by atoms with E-state index in [4.69, 9.17) is 21.2 Å². The maximum Gasteiger partial charge on any atom is 0.411 e. The Bertz CT molecular complexity index is 706. The molecule has 2 atom stereocenters. The molecule has 1 saturated heterocycles. The zero-order valence-corrected chi connectivity index (χ0v) is 16.9. The van der Waals surface area contributed by atoms with E-state index >= 15 is 0 Å². The first kappa shape index (κ1) is 22.0. The van der Waals surface area contributed by atoms with Gasteiger partial charge in [-0.2, -0.15) is 0 Å². The number of ether oxygens (including phenoxy) is 1. The molecule has 1 aromatic carbocycles. The molecule has 1 aliphatic heterocycles. The van der Waals surface area contributed by atoms with Gasteiger partial charge in [0.15, 0.2) is 0 Å². The number of rotatable bonds is 5. The first-order chi connectivity index (χ1) is 13.1. The van der Waals surface area contributed by atoms with Gasteiger partial charge in [0.05, 0.1) is 6.04 Å².